The van der Waals surface area contributed by atoms with E-state index in [0.29, 0.717) is 41.7 Å². The molecule has 4 rings (SSSR count). The number of nitriles is 1. The Bertz CT molecular complexity index is 1130. The van der Waals surface area contributed by atoms with E-state index in [4.69, 9.17) is 11.0 Å². The molecule has 1 fully saturated rings. The maximum absolute atomic E-state index is 15.0. The molecule has 0 unspecified atom stereocenters. The van der Waals surface area contributed by atoms with Crippen molar-refractivity contribution in [2.24, 2.45) is 5.73 Å². The second kappa shape index (κ2) is 9.22. The number of primary amides is 1. The van der Waals surface area contributed by atoms with Gasteiger partial charge in [0.25, 0.3) is 5.91 Å². The Kier molecular flexibility index (Phi) is 6.03. The fraction of sp³-hybridized carbons (Fsp3) is 0.238. The number of hydrogen-bond acceptors (Lipinski definition) is 9. The second-order valence-electron chi connectivity index (χ2n) is 7.22. The van der Waals surface area contributed by atoms with Gasteiger partial charge in [0, 0.05) is 31.2 Å². The molecule has 0 bridgehead atoms. The van der Waals surface area contributed by atoms with Gasteiger partial charge in [-0.15, -0.1) is 0 Å². The molecule has 1 saturated heterocycles. The number of carbonyl (C=O) groups is 1. The number of amides is 1. The molecule has 32 heavy (non-hydrogen) atoms. The maximum Gasteiger partial charge on any atom is 0.252 e. The topological polar surface area (TPSA) is 146 Å². The molecule has 0 saturated carbocycles. The molecule has 3 aromatic rings. The number of rotatable bonds is 6. The first-order valence-corrected chi connectivity index (χ1v) is 9.88. The van der Waals surface area contributed by atoms with Gasteiger partial charge in [0.15, 0.2) is 0 Å². The SMILES string of the molecule is N#Cc1ccc(N2CC[C@@H](Nc3cc(Nc4ccncn4)ncc3C(N)=O)[C@@H](F)C2)nc1. The molecule has 1 aliphatic rings. The van der Waals surface area contributed by atoms with E-state index >= 15 is 4.39 Å². The van der Waals surface area contributed by atoms with Gasteiger partial charge in [-0.1, -0.05) is 0 Å². The van der Waals surface area contributed by atoms with E-state index < -0.39 is 18.1 Å². The molecule has 4 heterocycles. The van der Waals surface area contributed by atoms with Crippen molar-refractivity contribution in [2.75, 3.05) is 28.6 Å². The number of alkyl halides is 1. The number of halogens is 1. The number of hydrogen-bond donors (Lipinski definition) is 3. The lowest BCUT2D eigenvalue weighted by Gasteiger charge is -2.36. The average Bonchev–Trinajstić information content (AvgIpc) is 2.81. The quantitative estimate of drug-likeness (QED) is 0.531. The van der Waals surface area contributed by atoms with Crippen LogP contribution in [-0.4, -0.2) is 51.1 Å². The predicted molar refractivity (Wildman–Crippen MR) is 116 cm³/mol. The number of anilines is 4. The highest BCUT2D eigenvalue weighted by atomic mass is 19.1. The number of nitrogens with one attached hydrogen (secondary N) is 2. The van der Waals surface area contributed by atoms with Crippen molar-refractivity contribution in [3.8, 4) is 6.07 Å². The zero-order valence-corrected chi connectivity index (χ0v) is 16.9. The highest BCUT2D eigenvalue weighted by molar-refractivity contribution is 5.98. The van der Waals surface area contributed by atoms with E-state index in [1.165, 1.54) is 18.7 Å². The molecular weight excluding hydrogens is 413 g/mol. The fourth-order valence-corrected chi connectivity index (χ4v) is 3.45. The zero-order chi connectivity index (χ0) is 22.5. The Morgan fingerprint density at radius 2 is 2.09 bits per heavy atom. The van der Waals surface area contributed by atoms with Crippen LogP contribution in [0.3, 0.4) is 0 Å². The first kappa shape index (κ1) is 20.9. The van der Waals surface area contributed by atoms with Gasteiger partial charge in [-0.2, -0.15) is 5.26 Å². The van der Waals surface area contributed by atoms with Gasteiger partial charge < -0.3 is 21.3 Å². The average molecular weight is 433 g/mol. The zero-order valence-electron chi connectivity index (χ0n) is 16.9. The third-order valence-electron chi connectivity index (χ3n) is 5.09. The van der Waals surface area contributed by atoms with Crippen LogP contribution in [0.5, 0.6) is 0 Å². The van der Waals surface area contributed by atoms with Gasteiger partial charge in [0.1, 0.15) is 36.0 Å². The summed E-state index contributed by atoms with van der Waals surface area (Å²) in [6.07, 6.45) is 5.03. The first-order valence-electron chi connectivity index (χ1n) is 9.88. The van der Waals surface area contributed by atoms with E-state index in [0.717, 1.165) is 0 Å². The van der Waals surface area contributed by atoms with Gasteiger partial charge in [0.2, 0.25) is 0 Å². The highest BCUT2D eigenvalue weighted by Gasteiger charge is 2.30. The summed E-state index contributed by atoms with van der Waals surface area (Å²) in [6, 6.07) is 8.11. The molecule has 1 aliphatic heterocycles. The number of nitrogens with zero attached hydrogens (tertiary/aromatic N) is 6. The minimum absolute atomic E-state index is 0.125. The van der Waals surface area contributed by atoms with Crippen LogP contribution in [0, 0.1) is 11.3 Å². The molecule has 0 radical (unpaired) electrons. The van der Waals surface area contributed by atoms with E-state index in [1.54, 1.807) is 30.5 Å². The van der Waals surface area contributed by atoms with Crippen molar-refractivity contribution in [2.45, 2.75) is 18.6 Å². The summed E-state index contributed by atoms with van der Waals surface area (Å²) in [7, 11) is 0. The molecule has 4 N–H and O–H groups in total. The van der Waals surface area contributed by atoms with Crippen LogP contribution < -0.4 is 21.3 Å². The molecule has 0 aliphatic carbocycles. The highest BCUT2D eigenvalue weighted by Crippen LogP contribution is 2.26. The van der Waals surface area contributed by atoms with Crippen molar-refractivity contribution in [3.63, 3.8) is 0 Å². The summed E-state index contributed by atoms with van der Waals surface area (Å²) >= 11 is 0. The minimum Gasteiger partial charge on any atom is -0.378 e. The second-order valence-corrected chi connectivity index (χ2v) is 7.22. The van der Waals surface area contributed by atoms with Crippen molar-refractivity contribution in [3.05, 3.63) is 60.3 Å². The Morgan fingerprint density at radius 3 is 2.75 bits per heavy atom. The van der Waals surface area contributed by atoms with Crippen LogP contribution in [-0.2, 0) is 0 Å². The lowest BCUT2D eigenvalue weighted by Crippen LogP contribution is -2.48. The third kappa shape index (κ3) is 4.70. The van der Waals surface area contributed by atoms with Gasteiger partial charge in [-0.25, -0.2) is 24.3 Å². The smallest absolute Gasteiger partial charge is 0.252 e. The Hall–Kier alpha value is -4.33. The molecule has 2 atom stereocenters. The van der Waals surface area contributed by atoms with E-state index in [-0.39, 0.29) is 12.1 Å². The Labute approximate surface area is 183 Å². The molecule has 162 valence electrons. The van der Waals surface area contributed by atoms with Crippen molar-refractivity contribution < 1.29 is 9.18 Å². The lowest BCUT2D eigenvalue weighted by atomic mass is 10.0. The molecule has 10 nitrogen and oxygen atoms in total. The van der Waals surface area contributed by atoms with Gasteiger partial charge in [0.05, 0.1) is 29.4 Å². The van der Waals surface area contributed by atoms with Crippen LogP contribution in [0.4, 0.5) is 27.5 Å². The fourth-order valence-electron chi connectivity index (χ4n) is 3.45. The number of carbonyl (C=O) groups excluding carboxylic acids is 1. The molecular formula is C21H20FN9O. The molecule has 0 aromatic carbocycles. The monoisotopic (exact) mass is 433 g/mol. The molecule has 0 spiro atoms. The summed E-state index contributed by atoms with van der Waals surface area (Å²) in [5, 5.41) is 15.0. The summed E-state index contributed by atoms with van der Waals surface area (Å²) in [5.74, 6) is 0.897. The number of piperidine rings is 1. The molecule has 1 amide bonds. The predicted octanol–water partition coefficient (Wildman–Crippen LogP) is 2.01. The van der Waals surface area contributed by atoms with E-state index in [9.17, 15) is 4.79 Å². The number of pyridine rings is 2. The Balaban J connectivity index is 1.48. The first-order chi connectivity index (χ1) is 15.5. The third-order valence-corrected chi connectivity index (χ3v) is 5.09. The van der Waals surface area contributed by atoms with Gasteiger partial charge in [-0.05, 0) is 24.6 Å². The van der Waals surface area contributed by atoms with Crippen LogP contribution in [0.25, 0.3) is 0 Å². The van der Waals surface area contributed by atoms with Crippen LogP contribution in [0.1, 0.15) is 22.3 Å². The summed E-state index contributed by atoms with van der Waals surface area (Å²) in [5.41, 5.74) is 6.49. The van der Waals surface area contributed by atoms with Crippen LogP contribution >= 0.6 is 0 Å². The minimum atomic E-state index is -1.23. The molecule has 11 heteroatoms. The van der Waals surface area contributed by atoms with Crippen molar-refractivity contribution in [1.29, 1.82) is 5.26 Å². The summed E-state index contributed by atoms with van der Waals surface area (Å²) in [6.45, 7) is 0.680. The van der Waals surface area contributed by atoms with Gasteiger partial charge >= 0.3 is 0 Å². The Morgan fingerprint density at radius 1 is 1.22 bits per heavy atom. The largest absolute Gasteiger partial charge is 0.378 e. The van der Waals surface area contributed by atoms with Crippen LogP contribution in [0.2, 0.25) is 0 Å². The van der Waals surface area contributed by atoms with Gasteiger partial charge in [-0.3, -0.25) is 4.79 Å². The summed E-state index contributed by atoms with van der Waals surface area (Å²) < 4.78 is 15.0. The van der Waals surface area contributed by atoms with Crippen molar-refractivity contribution >= 4 is 29.0 Å². The lowest BCUT2D eigenvalue weighted by molar-refractivity contribution is 0.100. The summed E-state index contributed by atoms with van der Waals surface area (Å²) in [4.78, 5) is 30.0. The van der Waals surface area contributed by atoms with E-state index in [2.05, 4.69) is 30.6 Å². The standard InChI is InChI=1S/C21H20FN9O/c22-15-11-31(20-2-1-13(8-23)9-27-20)6-4-16(15)29-17-7-19(26-10-14(17)21(24)32)30-18-3-5-25-12-28-18/h1-3,5,7,9-10,12,15-16H,4,6,11H2,(H2,24,32)(H2,25,26,28,29,30)/t15-,16+/m0/s1. The normalized spacial score (nSPS) is 17.9. The van der Waals surface area contributed by atoms with E-state index in [1.807, 2.05) is 11.0 Å². The number of nitrogens with two attached hydrogens (primary N) is 1. The number of aromatic nitrogens is 4. The molecule has 3 aromatic heterocycles. The van der Waals surface area contributed by atoms with Crippen LogP contribution in [0.15, 0.2) is 49.2 Å². The maximum atomic E-state index is 15.0. The van der Waals surface area contributed by atoms with Crippen molar-refractivity contribution in [1.82, 2.24) is 19.9 Å².